The van der Waals surface area contributed by atoms with Crippen LogP contribution in [0.2, 0.25) is 0 Å². The van der Waals surface area contributed by atoms with Gasteiger partial charge in [0, 0.05) is 18.2 Å². The van der Waals surface area contributed by atoms with Crippen molar-refractivity contribution in [3.05, 3.63) is 29.5 Å². The van der Waals surface area contributed by atoms with Crippen LogP contribution >= 0.6 is 0 Å². The van der Waals surface area contributed by atoms with Crippen LogP contribution in [0.15, 0.2) is 22.6 Å². The van der Waals surface area contributed by atoms with Crippen LogP contribution in [0, 0.1) is 6.92 Å². The van der Waals surface area contributed by atoms with Crippen molar-refractivity contribution in [2.24, 2.45) is 0 Å². The molecule has 6 nitrogen and oxygen atoms in total. The van der Waals surface area contributed by atoms with E-state index < -0.39 is 5.97 Å². The van der Waals surface area contributed by atoms with Crippen LogP contribution in [0.5, 0.6) is 5.75 Å². The third-order valence-electron chi connectivity index (χ3n) is 5.45. The molecule has 2 heterocycles. The Labute approximate surface area is 167 Å². The topological polar surface area (TPSA) is 63.9 Å². The molecule has 0 amide bonds. The summed E-state index contributed by atoms with van der Waals surface area (Å²) < 4.78 is 16.9. The molecule has 1 aliphatic heterocycles. The maximum absolute atomic E-state index is 12.1. The summed E-state index contributed by atoms with van der Waals surface area (Å²) in [5.41, 5.74) is 1.43. The average molecular weight is 389 g/mol. The lowest BCUT2D eigenvalue weighted by Gasteiger charge is -2.33. The Morgan fingerprint density at radius 1 is 1.29 bits per heavy atom. The van der Waals surface area contributed by atoms with Crippen LogP contribution < -0.4 is 10.1 Å². The van der Waals surface area contributed by atoms with Crippen LogP contribution in [0.25, 0.3) is 11.0 Å². The summed E-state index contributed by atoms with van der Waals surface area (Å²) in [4.78, 5) is 14.7. The summed E-state index contributed by atoms with van der Waals surface area (Å²) in [7, 11) is 0. The molecule has 0 aliphatic carbocycles. The number of carbonyl (C=O) groups is 1. The zero-order chi connectivity index (χ0) is 19.9. The number of piperidine rings is 1. The minimum atomic E-state index is -0.428. The minimum absolute atomic E-state index is 0.260. The van der Waals surface area contributed by atoms with Crippen molar-refractivity contribution in [3.8, 4) is 5.75 Å². The van der Waals surface area contributed by atoms with Gasteiger partial charge in [0.2, 0.25) is 5.76 Å². The van der Waals surface area contributed by atoms with E-state index in [1.165, 1.54) is 12.8 Å². The second-order valence-electron chi connectivity index (χ2n) is 7.22. The maximum atomic E-state index is 12.1. The van der Waals surface area contributed by atoms with Crippen molar-refractivity contribution in [2.45, 2.75) is 46.1 Å². The van der Waals surface area contributed by atoms with Crippen LogP contribution in [0.1, 0.15) is 49.2 Å². The molecular weight excluding hydrogens is 356 g/mol. The summed E-state index contributed by atoms with van der Waals surface area (Å²) in [6, 6.07) is 6.36. The van der Waals surface area contributed by atoms with E-state index in [9.17, 15) is 4.79 Å². The molecule has 1 N–H and O–H groups in total. The lowest BCUT2D eigenvalue weighted by atomic mass is 10.0. The number of esters is 1. The molecular formula is C22H32N2O4. The lowest BCUT2D eigenvalue weighted by molar-refractivity contribution is 0.0491. The third-order valence-corrected chi connectivity index (χ3v) is 5.45. The van der Waals surface area contributed by atoms with Gasteiger partial charge in [-0.15, -0.1) is 0 Å². The largest absolute Gasteiger partial charge is 0.493 e. The fourth-order valence-corrected chi connectivity index (χ4v) is 4.00. The molecule has 1 aromatic heterocycles. The van der Waals surface area contributed by atoms with Gasteiger partial charge >= 0.3 is 5.97 Å². The summed E-state index contributed by atoms with van der Waals surface area (Å²) >= 11 is 0. The van der Waals surface area contributed by atoms with Crippen molar-refractivity contribution < 1.29 is 18.7 Å². The van der Waals surface area contributed by atoms with Gasteiger partial charge in [0.15, 0.2) is 0 Å². The predicted molar refractivity (Wildman–Crippen MR) is 110 cm³/mol. The number of carbonyl (C=O) groups excluding carboxylic acids is 1. The summed E-state index contributed by atoms with van der Waals surface area (Å²) in [6.45, 7) is 11.2. The molecule has 28 heavy (non-hydrogen) atoms. The molecule has 0 saturated carbocycles. The van der Waals surface area contributed by atoms with Gasteiger partial charge in [0.25, 0.3) is 0 Å². The molecule has 2 aromatic rings. The number of furan rings is 1. The zero-order valence-corrected chi connectivity index (χ0v) is 17.3. The van der Waals surface area contributed by atoms with Crippen molar-refractivity contribution in [1.82, 2.24) is 10.2 Å². The van der Waals surface area contributed by atoms with E-state index in [4.69, 9.17) is 13.9 Å². The molecule has 0 bridgehead atoms. The standard InChI is InChI=1S/C22H32N2O4/c1-4-24(17-10-12-23-13-11-17)14-7-15-27-18-8-6-9-19-20(18)16(3)21(28-19)22(25)26-5-2/h6,8-9,17,23H,4-5,7,10-15H2,1-3H3. The minimum Gasteiger partial charge on any atom is -0.493 e. The number of benzene rings is 1. The molecule has 0 radical (unpaired) electrons. The van der Waals surface area contributed by atoms with Crippen molar-refractivity contribution in [3.63, 3.8) is 0 Å². The Morgan fingerprint density at radius 2 is 2.07 bits per heavy atom. The van der Waals surface area contributed by atoms with Gasteiger partial charge in [-0.05, 0) is 64.9 Å². The molecule has 0 unspecified atom stereocenters. The molecule has 3 rings (SSSR count). The first kappa shape index (κ1) is 20.7. The van der Waals surface area contributed by atoms with Gasteiger partial charge in [-0.1, -0.05) is 13.0 Å². The molecule has 1 saturated heterocycles. The normalized spacial score (nSPS) is 15.3. The van der Waals surface area contributed by atoms with Crippen molar-refractivity contribution in [1.29, 1.82) is 0 Å². The molecule has 0 spiro atoms. The smallest absolute Gasteiger partial charge is 0.374 e. The number of fused-ring (bicyclic) bond motifs is 1. The SMILES string of the molecule is CCOC(=O)c1oc2cccc(OCCCN(CC)C3CCNCC3)c2c1C. The van der Waals surface area contributed by atoms with E-state index in [2.05, 4.69) is 17.1 Å². The van der Waals surface area contributed by atoms with E-state index in [1.54, 1.807) is 6.92 Å². The second-order valence-corrected chi connectivity index (χ2v) is 7.22. The summed E-state index contributed by atoms with van der Waals surface area (Å²) in [6.07, 6.45) is 3.41. The first-order chi connectivity index (χ1) is 13.7. The first-order valence-electron chi connectivity index (χ1n) is 10.4. The highest BCUT2D eigenvalue weighted by atomic mass is 16.5. The molecule has 154 valence electrons. The Balaban J connectivity index is 1.61. The third kappa shape index (κ3) is 4.67. The van der Waals surface area contributed by atoms with Crippen LogP contribution in [0.4, 0.5) is 0 Å². The second kappa shape index (κ2) is 9.94. The van der Waals surface area contributed by atoms with Crippen LogP contribution in [-0.4, -0.2) is 56.3 Å². The highest BCUT2D eigenvalue weighted by Crippen LogP contribution is 2.33. The monoisotopic (exact) mass is 388 g/mol. The van der Waals surface area contributed by atoms with E-state index in [1.807, 2.05) is 25.1 Å². The molecule has 1 fully saturated rings. The molecule has 0 atom stereocenters. The van der Waals surface area contributed by atoms with Crippen molar-refractivity contribution in [2.75, 3.05) is 39.4 Å². The van der Waals surface area contributed by atoms with Gasteiger partial charge < -0.3 is 24.1 Å². The highest BCUT2D eigenvalue weighted by Gasteiger charge is 2.22. The molecule has 1 aromatic carbocycles. The Hall–Kier alpha value is -2.05. The number of ether oxygens (including phenoxy) is 2. The molecule has 6 heteroatoms. The number of nitrogens with zero attached hydrogens (tertiary/aromatic N) is 1. The number of rotatable bonds is 9. The Kier molecular flexibility index (Phi) is 7.34. The van der Waals surface area contributed by atoms with Gasteiger partial charge in [0.1, 0.15) is 11.3 Å². The van der Waals surface area contributed by atoms with E-state index >= 15 is 0 Å². The van der Waals surface area contributed by atoms with Crippen LogP contribution in [0.3, 0.4) is 0 Å². The average Bonchev–Trinajstić information content (AvgIpc) is 3.06. The summed E-state index contributed by atoms with van der Waals surface area (Å²) in [5.74, 6) is 0.595. The van der Waals surface area contributed by atoms with E-state index in [0.717, 1.165) is 49.3 Å². The maximum Gasteiger partial charge on any atom is 0.374 e. The fourth-order valence-electron chi connectivity index (χ4n) is 4.00. The van der Waals surface area contributed by atoms with Gasteiger partial charge in [-0.2, -0.15) is 0 Å². The van der Waals surface area contributed by atoms with Gasteiger partial charge in [-0.3, -0.25) is 0 Å². The first-order valence-corrected chi connectivity index (χ1v) is 10.4. The Bertz CT molecular complexity index is 780. The quantitative estimate of drug-likeness (QED) is 0.521. The highest BCUT2D eigenvalue weighted by molar-refractivity contribution is 5.98. The van der Waals surface area contributed by atoms with Crippen molar-refractivity contribution >= 4 is 16.9 Å². The van der Waals surface area contributed by atoms with E-state index in [-0.39, 0.29) is 5.76 Å². The van der Waals surface area contributed by atoms with E-state index in [0.29, 0.717) is 24.8 Å². The number of hydrogen-bond donors (Lipinski definition) is 1. The number of nitrogens with one attached hydrogen (secondary N) is 1. The zero-order valence-electron chi connectivity index (χ0n) is 17.3. The summed E-state index contributed by atoms with van der Waals surface area (Å²) in [5, 5.41) is 4.29. The fraction of sp³-hybridized carbons (Fsp3) is 0.591. The van der Waals surface area contributed by atoms with Crippen LogP contribution in [-0.2, 0) is 4.74 Å². The number of hydrogen-bond acceptors (Lipinski definition) is 6. The molecule has 1 aliphatic rings. The lowest BCUT2D eigenvalue weighted by Crippen LogP contribution is -2.43. The Morgan fingerprint density at radius 3 is 2.79 bits per heavy atom. The number of aryl methyl sites for hydroxylation is 1. The predicted octanol–water partition coefficient (Wildman–Crippen LogP) is 3.76. The van der Waals surface area contributed by atoms with Gasteiger partial charge in [0.05, 0.1) is 18.6 Å². The van der Waals surface area contributed by atoms with Gasteiger partial charge in [-0.25, -0.2) is 4.79 Å².